The largest absolute Gasteiger partial charge is 0.496 e. The van der Waals surface area contributed by atoms with Crippen LogP contribution in [-0.4, -0.2) is 23.1 Å². The topological polar surface area (TPSA) is 98.9 Å². The molecular weight excluding hydrogens is 302 g/mol. The SMILES string of the molecule is COc1cc(OCc2ccccc2)c(CC(=O)O)c([N+](=O)[O-])c1. The molecule has 0 aliphatic heterocycles. The molecule has 0 aliphatic rings. The first-order chi connectivity index (χ1) is 11.0. The first kappa shape index (κ1) is 16.3. The number of hydrogen-bond donors (Lipinski definition) is 1. The zero-order chi connectivity index (χ0) is 16.8. The van der Waals surface area contributed by atoms with E-state index in [0.717, 1.165) is 5.56 Å². The van der Waals surface area contributed by atoms with Crippen molar-refractivity contribution in [3.05, 3.63) is 63.7 Å². The summed E-state index contributed by atoms with van der Waals surface area (Å²) < 4.78 is 10.6. The first-order valence-corrected chi connectivity index (χ1v) is 6.75. The minimum atomic E-state index is -1.18. The number of methoxy groups -OCH3 is 1. The lowest BCUT2D eigenvalue weighted by molar-refractivity contribution is -0.385. The van der Waals surface area contributed by atoms with Crippen LogP contribution >= 0.6 is 0 Å². The maximum Gasteiger partial charge on any atom is 0.308 e. The average molecular weight is 317 g/mol. The van der Waals surface area contributed by atoms with Crippen LogP contribution in [0.1, 0.15) is 11.1 Å². The Morgan fingerprint density at radius 1 is 1.26 bits per heavy atom. The Balaban J connectivity index is 2.39. The second kappa shape index (κ2) is 7.26. The van der Waals surface area contributed by atoms with E-state index in [1.165, 1.54) is 19.2 Å². The monoisotopic (exact) mass is 317 g/mol. The second-order valence-corrected chi connectivity index (χ2v) is 4.73. The van der Waals surface area contributed by atoms with E-state index >= 15 is 0 Å². The van der Waals surface area contributed by atoms with Crippen molar-refractivity contribution in [3.8, 4) is 11.5 Å². The molecule has 2 aromatic carbocycles. The Kier molecular flexibility index (Phi) is 5.14. The van der Waals surface area contributed by atoms with Gasteiger partial charge in [-0.25, -0.2) is 0 Å². The van der Waals surface area contributed by atoms with E-state index in [4.69, 9.17) is 14.6 Å². The Bertz CT molecular complexity index is 714. The molecule has 0 radical (unpaired) electrons. The average Bonchev–Trinajstić information content (AvgIpc) is 2.53. The fourth-order valence-electron chi connectivity index (χ4n) is 2.08. The number of carbonyl (C=O) groups is 1. The van der Waals surface area contributed by atoms with Gasteiger partial charge in [0.1, 0.15) is 18.1 Å². The van der Waals surface area contributed by atoms with E-state index < -0.39 is 17.3 Å². The summed E-state index contributed by atoms with van der Waals surface area (Å²) in [6, 6.07) is 11.9. The minimum Gasteiger partial charge on any atom is -0.496 e. The van der Waals surface area contributed by atoms with E-state index in [-0.39, 0.29) is 29.4 Å². The number of nitro groups is 1. The number of ether oxygens (including phenoxy) is 2. The molecule has 0 bridgehead atoms. The molecule has 2 aromatic rings. The first-order valence-electron chi connectivity index (χ1n) is 6.75. The Morgan fingerprint density at radius 3 is 2.52 bits per heavy atom. The van der Waals surface area contributed by atoms with Crippen molar-refractivity contribution in [1.29, 1.82) is 0 Å². The van der Waals surface area contributed by atoms with Gasteiger partial charge in [-0.3, -0.25) is 14.9 Å². The fourth-order valence-corrected chi connectivity index (χ4v) is 2.08. The van der Waals surface area contributed by atoms with Crippen molar-refractivity contribution in [3.63, 3.8) is 0 Å². The van der Waals surface area contributed by atoms with Gasteiger partial charge in [-0.15, -0.1) is 0 Å². The van der Waals surface area contributed by atoms with Gasteiger partial charge < -0.3 is 14.6 Å². The molecule has 0 aromatic heterocycles. The van der Waals surface area contributed by atoms with E-state index in [1.54, 1.807) is 0 Å². The third kappa shape index (κ3) is 4.19. The summed E-state index contributed by atoms with van der Waals surface area (Å²) in [7, 11) is 1.37. The molecule has 0 spiro atoms. The lowest BCUT2D eigenvalue weighted by Gasteiger charge is -2.12. The van der Waals surface area contributed by atoms with E-state index in [1.807, 2.05) is 30.3 Å². The number of carboxylic acids is 1. The molecule has 0 saturated carbocycles. The molecule has 1 N–H and O–H groups in total. The number of aliphatic carboxylic acids is 1. The molecule has 7 heteroatoms. The molecule has 0 aliphatic carbocycles. The quantitative estimate of drug-likeness (QED) is 0.622. The summed E-state index contributed by atoms with van der Waals surface area (Å²) in [6.45, 7) is 0.164. The van der Waals surface area contributed by atoms with Gasteiger partial charge in [-0.05, 0) is 5.56 Å². The minimum absolute atomic E-state index is 0.0132. The highest BCUT2D eigenvalue weighted by molar-refractivity contribution is 5.74. The lowest BCUT2D eigenvalue weighted by Crippen LogP contribution is -2.08. The Labute approximate surface area is 132 Å². The predicted molar refractivity (Wildman–Crippen MR) is 81.8 cm³/mol. The molecule has 2 rings (SSSR count). The maximum absolute atomic E-state index is 11.2. The van der Waals surface area contributed by atoms with Crippen LogP contribution < -0.4 is 9.47 Å². The number of nitro benzene ring substituents is 1. The molecule has 0 fully saturated rings. The van der Waals surface area contributed by atoms with Gasteiger partial charge in [0.15, 0.2) is 0 Å². The number of benzene rings is 2. The maximum atomic E-state index is 11.2. The van der Waals surface area contributed by atoms with Gasteiger partial charge in [0.2, 0.25) is 0 Å². The van der Waals surface area contributed by atoms with Crippen molar-refractivity contribution < 1.29 is 24.3 Å². The van der Waals surface area contributed by atoms with Gasteiger partial charge in [0.05, 0.1) is 30.1 Å². The smallest absolute Gasteiger partial charge is 0.308 e. The molecule has 23 heavy (non-hydrogen) atoms. The summed E-state index contributed by atoms with van der Waals surface area (Å²) in [4.78, 5) is 21.6. The van der Waals surface area contributed by atoms with Gasteiger partial charge in [-0.2, -0.15) is 0 Å². The third-order valence-electron chi connectivity index (χ3n) is 3.16. The Hall–Kier alpha value is -3.09. The molecule has 0 unspecified atom stereocenters. The summed E-state index contributed by atoms with van der Waals surface area (Å²) >= 11 is 0. The molecule has 0 heterocycles. The summed E-state index contributed by atoms with van der Waals surface area (Å²) in [6.07, 6.45) is -0.509. The zero-order valence-corrected chi connectivity index (χ0v) is 12.4. The van der Waals surface area contributed by atoms with Crippen LogP contribution in [0, 0.1) is 10.1 Å². The number of carboxylic acid groups (broad SMARTS) is 1. The van der Waals surface area contributed by atoms with Crippen LogP contribution in [0.25, 0.3) is 0 Å². The fraction of sp³-hybridized carbons (Fsp3) is 0.188. The number of rotatable bonds is 7. The Morgan fingerprint density at radius 2 is 1.96 bits per heavy atom. The highest BCUT2D eigenvalue weighted by Gasteiger charge is 2.23. The van der Waals surface area contributed by atoms with Crippen molar-refractivity contribution in [1.82, 2.24) is 0 Å². The van der Waals surface area contributed by atoms with E-state index in [0.29, 0.717) is 0 Å². The van der Waals surface area contributed by atoms with Crippen molar-refractivity contribution in [2.75, 3.05) is 7.11 Å². The molecular formula is C16H15NO6. The predicted octanol–water partition coefficient (Wildman–Crippen LogP) is 2.81. The van der Waals surface area contributed by atoms with Crippen molar-refractivity contribution in [2.45, 2.75) is 13.0 Å². The van der Waals surface area contributed by atoms with Crippen LogP contribution in [0.2, 0.25) is 0 Å². The van der Waals surface area contributed by atoms with Crippen LogP contribution in [0.15, 0.2) is 42.5 Å². The summed E-state index contributed by atoms with van der Waals surface area (Å²) in [5.74, 6) is -0.820. The molecule has 0 atom stereocenters. The van der Waals surface area contributed by atoms with Gasteiger partial charge in [-0.1, -0.05) is 30.3 Å². The second-order valence-electron chi connectivity index (χ2n) is 4.73. The van der Waals surface area contributed by atoms with Crippen LogP contribution in [0.4, 0.5) is 5.69 Å². The van der Waals surface area contributed by atoms with E-state index in [2.05, 4.69) is 0 Å². The normalized spacial score (nSPS) is 10.1. The van der Waals surface area contributed by atoms with Crippen LogP contribution in [0.3, 0.4) is 0 Å². The van der Waals surface area contributed by atoms with Crippen molar-refractivity contribution in [2.24, 2.45) is 0 Å². The molecule has 120 valence electrons. The van der Waals surface area contributed by atoms with E-state index in [9.17, 15) is 14.9 Å². The highest BCUT2D eigenvalue weighted by atomic mass is 16.6. The third-order valence-corrected chi connectivity index (χ3v) is 3.16. The number of nitrogens with zero attached hydrogens (tertiary/aromatic N) is 1. The standard InChI is InChI=1S/C16H15NO6/c1-22-12-7-14(17(20)21)13(9-16(18)19)15(8-12)23-10-11-5-3-2-4-6-11/h2-8H,9-10H2,1H3,(H,18,19). The zero-order valence-electron chi connectivity index (χ0n) is 12.4. The molecule has 0 saturated heterocycles. The van der Waals surface area contributed by atoms with Gasteiger partial charge in [0.25, 0.3) is 5.69 Å². The van der Waals surface area contributed by atoms with Gasteiger partial charge in [0, 0.05) is 6.07 Å². The highest BCUT2D eigenvalue weighted by Crippen LogP contribution is 2.34. The van der Waals surface area contributed by atoms with Crippen molar-refractivity contribution >= 4 is 11.7 Å². The van der Waals surface area contributed by atoms with Gasteiger partial charge >= 0.3 is 5.97 Å². The lowest BCUT2D eigenvalue weighted by atomic mass is 10.1. The number of hydrogen-bond acceptors (Lipinski definition) is 5. The van der Waals surface area contributed by atoms with Crippen LogP contribution in [-0.2, 0) is 17.8 Å². The summed E-state index contributed by atoms with van der Waals surface area (Å²) in [5.41, 5.74) is 0.535. The molecule has 0 amide bonds. The summed E-state index contributed by atoms with van der Waals surface area (Å²) in [5, 5.41) is 20.2. The molecule has 7 nitrogen and oxygen atoms in total. The van der Waals surface area contributed by atoms with Crippen LogP contribution in [0.5, 0.6) is 11.5 Å².